The molecule has 12 heteroatoms. The number of primary amides is 1. The molecule has 1 aliphatic heterocycles. The summed E-state index contributed by atoms with van der Waals surface area (Å²) in [6.07, 6.45) is -0.765. The first-order valence-electron chi connectivity index (χ1n) is 13.6. The van der Waals surface area contributed by atoms with E-state index in [0.717, 1.165) is 4.90 Å². The number of nitrogens with one attached hydrogen (secondary N) is 2. The second-order valence-corrected chi connectivity index (χ2v) is 11.6. The molecule has 226 valence electrons. The number of hydrogen-bond acceptors (Lipinski definition) is 6. The smallest absolute Gasteiger partial charge is 0.336 e. The fourth-order valence-corrected chi connectivity index (χ4v) is 5.02. The highest BCUT2D eigenvalue weighted by atomic mass is 19.1. The number of amides is 4. The lowest BCUT2D eigenvalue weighted by Crippen LogP contribution is -2.46. The van der Waals surface area contributed by atoms with Crippen molar-refractivity contribution in [3.8, 4) is 0 Å². The molecule has 0 bridgehead atoms. The fraction of sp³-hybridized carbons (Fsp3) is 0.433. The molecule has 4 amide bonds. The third kappa shape index (κ3) is 7.62. The summed E-state index contributed by atoms with van der Waals surface area (Å²) < 4.78 is 20.9. The largest absolute Gasteiger partial charge is 0.478 e. The van der Waals surface area contributed by atoms with E-state index < -0.39 is 65.6 Å². The van der Waals surface area contributed by atoms with Gasteiger partial charge in [0.1, 0.15) is 17.5 Å². The molecule has 1 fully saturated rings. The quantitative estimate of drug-likeness (QED) is 0.326. The third-order valence-corrected chi connectivity index (χ3v) is 6.70. The summed E-state index contributed by atoms with van der Waals surface area (Å²) in [6.45, 7) is 9.08. The molecule has 5 N–H and O–H groups in total. The van der Waals surface area contributed by atoms with Crippen LogP contribution in [0, 0.1) is 17.7 Å². The second kappa shape index (κ2) is 13.0. The number of benzene rings is 2. The molecule has 1 heterocycles. The van der Waals surface area contributed by atoms with E-state index in [9.17, 15) is 29.1 Å². The Balaban J connectivity index is 2.18. The molecule has 2 aromatic carbocycles. The maximum absolute atomic E-state index is 15.3. The molecule has 0 saturated carbocycles. The van der Waals surface area contributed by atoms with Crippen LogP contribution in [0.4, 0.5) is 14.9 Å². The average molecular weight is 585 g/mol. The number of ether oxygens (including phenoxy) is 1. The van der Waals surface area contributed by atoms with Gasteiger partial charge in [0.15, 0.2) is 0 Å². The summed E-state index contributed by atoms with van der Waals surface area (Å²) in [5.74, 6) is -5.02. The maximum atomic E-state index is 15.3. The number of halogens is 1. The summed E-state index contributed by atoms with van der Waals surface area (Å²) in [4.78, 5) is 65.9. The van der Waals surface area contributed by atoms with E-state index in [0.29, 0.717) is 6.54 Å². The number of esters is 1. The zero-order valence-corrected chi connectivity index (χ0v) is 24.3. The van der Waals surface area contributed by atoms with Gasteiger partial charge in [-0.15, -0.1) is 0 Å². The number of carbonyl (C=O) groups excluding carboxylic acids is 4. The lowest BCUT2D eigenvalue weighted by atomic mass is 9.91. The van der Waals surface area contributed by atoms with Crippen molar-refractivity contribution in [2.75, 3.05) is 11.9 Å². The van der Waals surface area contributed by atoms with Gasteiger partial charge in [0.2, 0.25) is 11.8 Å². The summed E-state index contributed by atoms with van der Waals surface area (Å²) >= 11 is 0. The van der Waals surface area contributed by atoms with E-state index in [4.69, 9.17) is 10.5 Å². The molecule has 0 aliphatic carbocycles. The van der Waals surface area contributed by atoms with Crippen molar-refractivity contribution in [1.82, 2.24) is 10.2 Å². The van der Waals surface area contributed by atoms with Gasteiger partial charge in [-0.25, -0.2) is 18.8 Å². The number of nitrogens with zero attached hydrogens (tertiary/aromatic N) is 1. The predicted octanol–water partition coefficient (Wildman–Crippen LogP) is 3.63. The van der Waals surface area contributed by atoms with Gasteiger partial charge < -0.3 is 31.1 Å². The summed E-state index contributed by atoms with van der Waals surface area (Å²) in [5.41, 5.74) is 3.98. The van der Waals surface area contributed by atoms with Crippen molar-refractivity contribution in [3.63, 3.8) is 0 Å². The highest BCUT2D eigenvalue weighted by molar-refractivity contribution is 5.98. The van der Waals surface area contributed by atoms with Crippen LogP contribution in [0.25, 0.3) is 0 Å². The number of likely N-dealkylation sites (tertiary alicyclic amines) is 1. The molecule has 3 rings (SSSR count). The van der Waals surface area contributed by atoms with Crippen LogP contribution in [0.3, 0.4) is 0 Å². The zero-order chi connectivity index (χ0) is 31.4. The molecule has 11 nitrogen and oxygen atoms in total. The van der Waals surface area contributed by atoms with Crippen LogP contribution in [-0.2, 0) is 25.5 Å². The number of carbonyl (C=O) groups is 5. The minimum Gasteiger partial charge on any atom is -0.478 e. The molecule has 3 atom stereocenters. The minimum absolute atomic E-state index is 0.0163. The van der Waals surface area contributed by atoms with Gasteiger partial charge in [0.05, 0.1) is 23.9 Å². The number of aromatic carboxylic acids is 1. The Bertz CT molecular complexity index is 1370. The van der Waals surface area contributed by atoms with Gasteiger partial charge >= 0.3 is 18.0 Å². The van der Waals surface area contributed by atoms with E-state index in [1.807, 2.05) is 13.8 Å². The van der Waals surface area contributed by atoms with Gasteiger partial charge in [-0.2, -0.15) is 0 Å². The second-order valence-electron chi connectivity index (χ2n) is 11.6. The Morgan fingerprint density at radius 1 is 1.10 bits per heavy atom. The number of carboxylic acids is 1. The first-order valence-corrected chi connectivity index (χ1v) is 13.6. The Morgan fingerprint density at radius 3 is 2.33 bits per heavy atom. The lowest BCUT2D eigenvalue weighted by Gasteiger charge is -2.33. The van der Waals surface area contributed by atoms with Gasteiger partial charge in [-0.3, -0.25) is 9.59 Å². The van der Waals surface area contributed by atoms with Gasteiger partial charge in [-0.05, 0) is 56.9 Å². The molecular formula is C30H37FN4O7. The molecule has 42 heavy (non-hydrogen) atoms. The standard InChI is InChI=1S/C30H37FN4O7/c1-16(2)15-33-26(37)20-13-23(28(40)42-30(3,4)5)35(25(20)18-9-6-7-11-21(18)31)24(36)14-19-17(27(38)39)10-8-12-22(19)34-29(32)41/h6-12,16,20,23,25H,13-15H2,1-5H3,(H,33,37)(H,38,39)(H3,32,34,41). The Kier molecular flexibility index (Phi) is 9.92. The number of nitrogens with two attached hydrogens (primary N) is 1. The normalized spacial score (nSPS) is 18.5. The minimum atomic E-state index is -1.37. The predicted molar refractivity (Wildman–Crippen MR) is 152 cm³/mol. The van der Waals surface area contributed by atoms with Crippen LogP contribution >= 0.6 is 0 Å². The number of rotatable bonds is 9. The number of hydrogen-bond donors (Lipinski definition) is 4. The van der Waals surface area contributed by atoms with E-state index in [1.165, 1.54) is 36.4 Å². The topological polar surface area (TPSA) is 168 Å². The maximum Gasteiger partial charge on any atom is 0.336 e. The van der Waals surface area contributed by atoms with Crippen LogP contribution in [0.1, 0.15) is 68.6 Å². The van der Waals surface area contributed by atoms with E-state index in [2.05, 4.69) is 10.6 Å². The molecule has 3 unspecified atom stereocenters. The van der Waals surface area contributed by atoms with Crippen molar-refractivity contribution in [3.05, 3.63) is 65.0 Å². The average Bonchev–Trinajstić information content (AvgIpc) is 3.28. The molecular weight excluding hydrogens is 547 g/mol. The Hall–Kier alpha value is -4.48. The van der Waals surface area contributed by atoms with Crippen molar-refractivity contribution in [1.29, 1.82) is 0 Å². The molecule has 0 spiro atoms. The number of anilines is 1. The first kappa shape index (κ1) is 32.0. The summed E-state index contributed by atoms with van der Waals surface area (Å²) in [5, 5.41) is 15.0. The van der Waals surface area contributed by atoms with Gasteiger partial charge in [0, 0.05) is 17.8 Å². The van der Waals surface area contributed by atoms with Crippen molar-refractivity contribution >= 4 is 35.5 Å². The molecule has 1 aliphatic rings. The number of urea groups is 1. The summed E-state index contributed by atoms with van der Waals surface area (Å²) in [6, 6.07) is 6.17. The van der Waals surface area contributed by atoms with Crippen LogP contribution in [0.15, 0.2) is 42.5 Å². The van der Waals surface area contributed by atoms with Crippen LogP contribution < -0.4 is 16.4 Å². The first-order chi connectivity index (χ1) is 19.6. The van der Waals surface area contributed by atoms with Crippen LogP contribution in [0.5, 0.6) is 0 Å². The van der Waals surface area contributed by atoms with Crippen molar-refractivity contribution in [2.45, 2.75) is 65.1 Å². The van der Waals surface area contributed by atoms with E-state index >= 15 is 4.39 Å². The molecule has 2 aromatic rings. The monoisotopic (exact) mass is 584 g/mol. The van der Waals surface area contributed by atoms with Crippen molar-refractivity contribution in [2.24, 2.45) is 17.6 Å². The third-order valence-electron chi connectivity index (χ3n) is 6.70. The lowest BCUT2D eigenvalue weighted by molar-refractivity contribution is -0.164. The molecule has 0 radical (unpaired) electrons. The Labute approximate surface area is 243 Å². The highest BCUT2D eigenvalue weighted by Crippen LogP contribution is 2.43. The van der Waals surface area contributed by atoms with Gasteiger partial charge in [0.25, 0.3) is 0 Å². The Morgan fingerprint density at radius 2 is 1.76 bits per heavy atom. The van der Waals surface area contributed by atoms with Crippen LogP contribution in [0.2, 0.25) is 0 Å². The number of carboxylic acid groups (broad SMARTS) is 1. The van der Waals surface area contributed by atoms with Gasteiger partial charge in [-0.1, -0.05) is 38.1 Å². The zero-order valence-electron chi connectivity index (χ0n) is 24.3. The van der Waals surface area contributed by atoms with E-state index in [1.54, 1.807) is 26.8 Å². The SMILES string of the molecule is CC(C)CNC(=O)C1CC(C(=O)OC(C)(C)C)N(C(=O)Cc2c(NC(N)=O)cccc2C(=O)O)C1c1ccccc1F. The summed E-state index contributed by atoms with van der Waals surface area (Å²) in [7, 11) is 0. The van der Waals surface area contributed by atoms with Crippen molar-refractivity contribution < 1.29 is 38.2 Å². The fourth-order valence-electron chi connectivity index (χ4n) is 5.02. The molecule has 0 aromatic heterocycles. The highest BCUT2D eigenvalue weighted by Gasteiger charge is 2.52. The molecule has 1 saturated heterocycles. The van der Waals surface area contributed by atoms with E-state index in [-0.39, 0.29) is 34.7 Å². The van der Waals surface area contributed by atoms with Crippen LogP contribution in [-0.4, -0.2) is 58.0 Å².